The first-order valence-electron chi connectivity index (χ1n) is 8.69. The van der Waals surface area contributed by atoms with Gasteiger partial charge in [-0.3, -0.25) is 4.79 Å². The van der Waals surface area contributed by atoms with Crippen molar-refractivity contribution < 1.29 is 4.79 Å². The standard InChI is InChI=1S/C19H27N3O/c1-4-22(5-2)18(23)11-15-13-21(3)10-9-14-12-20-17-8-6-7-16(15)19(14)17/h6-8,12,15,20H,4-5,9-11,13H2,1-3H3. The number of aromatic nitrogens is 1. The van der Waals surface area contributed by atoms with Gasteiger partial charge in [0, 0.05) is 55.6 Å². The molecule has 1 N–H and O–H groups in total. The molecule has 0 spiro atoms. The van der Waals surface area contributed by atoms with Gasteiger partial charge >= 0.3 is 0 Å². The van der Waals surface area contributed by atoms with Crippen LogP contribution in [-0.2, 0) is 11.2 Å². The maximum atomic E-state index is 12.6. The summed E-state index contributed by atoms with van der Waals surface area (Å²) < 4.78 is 0. The van der Waals surface area contributed by atoms with Crippen LogP contribution in [0.25, 0.3) is 10.9 Å². The van der Waals surface area contributed by atoms with Crippen LogP contribution >= 0.6 is 0 Å². The highest BCUT2D eigenvalue weighted by Crippen LogP contribution is 2.33. The smallest absolute Gasteiger partial charge is 0.223 e. The van der Waals surface area contributed by atoms with Crippen LogP contribution in [-0.4, -0.2) is 53.9 Å². The van der Waals surface area contributed by atoms with E-state index < -0.39 is 0 Å². The van der Waals surface area contributed by atoms with E-state index in [0.717, 1.165) is 32.6 Å². The summed E-state index contributed by atoms with van der Waals surface area (Å²) in [6, 6.07) is 6.45. The first-order chi connectivity index (χ1) is 11.1. The molecule has 1 aromatic heterocycles. The molecule has 3 rings (SSSR count). The molecule has 1 amide bonds. The van der Waals surface area contributed by atoms with E-state index in [1.165, 1.54) is 22.0 Å². The SMILES string of the molecule is CCN(CC)C(=O)CC1CN(C)CCc2c[nH]c3cccc1c23. The summed E-state index contributed by atoms with van der Waals surface area (Å²) in [5.41, 5.74) is 3.90. The van der Waals surface area contributed by atoms with E-state index in [0.29, 0.717) is 6.42 Å². The summed E-state index contributed by atoms with van der Waals surface area (Å²) in [4.78, 5) is 20.3. The quantitative estimate of drug-likeness (QED) is 0.942. The molecule has 2 heterocycles. The first kappa shape index (κ1) is 16.1. The Morgan fingerprint density at radius 2 is 2.13 bits per heavy atom. The van der Waals surface area contributed by atoms with Crippen LogP contribution in [0.5, 0.6) is 0 Å². The van der Waals surface area contributed by atoms with Gasteiger partial charge < -0.3 is 14.8 Å². The minimum atomic E-state index is 0.256. The number of carbonyl (C=O) groups is 1. The van der Waals surface area contributed by atoms with Crippen molar-refractivity contribution in [3.63, 3.8) is 0 Å². The van der Waals surface area contributed by atoms with Crippen LogP contribution in [0.2, 0.25) is 0 Å². The highest BCUT2D eigenvalue weighted by Gasteiger charge is 2.25. The molecule has 1 aliphatic rings. The van der Waals surface area contributed by atoms with Gasteiger partial charge in [0.2, 0.25) is 5.91 Å². The monoisotopic (exact) mass is 313 g/mol. The Kier molecular flexibility index (Phi) is 4.71. The molecule has 0 aliphatic carbocycles. The number of nitrogens with one attached hydrogen (secondary N) is 1. The zero-order chi connectivity index (χ0) is 16.4. The summed E-state index contributed by atoms with van der Waals surface area (Å²) in [6.45, 7) is 7.66. The second kappa shape index (κ2) is 6.75. The van der Waals surface area contributed by atoms with Crippen molar-refractivity contribution in [1.29, 1.82) is 0 Å². The third kappa shape index (κ3) is 3.13. The van der Waals surface area contributed by atoms with Gasteiger partial charge in [0.1, 0.15) is 0 Å². The van der Waals surface area contributed by atoms with E-state index in [1.54, 1.807) is 0 Å². The highest BCUT2D eigenvalue weighted by atomic mass is 16.2. The van der Waals surface area contributed by atoms with E-state index in [-0.39, 0.29) is 11.8 Å². The van der Waals surface area contributed by atoms with Gasteiger partial charge in [-0.05, 0) is 44.5 Å². The number of hydrogen-bond donors (Lipinski definition) is 1. The van der Waals surface area contributed by atoms with Crippen molar-refractivity contribution in [2.45, 2.75) is 32.6 Å². The molecular formula is C19H27N3O. The minimum Gasteiger partial charge on any atom is -0.361 e. The zero-order valence-corrected chi connectivity index (χ0v) is 14.4. The number of aromatic amines is 1. The van der Waals surface area contributed by atoms with E-state index in [1.807, 2.05) is 4.90 Å². The average molecular weight is 313 g/mol. The van der Waals surface area contributed by atoms with Gasteiger partial charge in [0.15, 0.2) is 0 Å². The van der Waals surface area contributed by atoms with Crippen molar-refractivity contribution in [1.82, 2.24) is 14.8 Å². The summed E-state index contributed by atoms with van der Waals surface area (Å²) in [5.74, 6) is 0.523. The average Bonchev–Trinajstić information content (AvgIpc) is 2.95. The number of rotatable bonds is 4. The predicted molar refractivity (Wildman–Crippen MR) is 94.8 cm³/mol. The molecule has 0 saturated carbocycles. The number of hydrogen-bond acceptors (Lipinski definition) is 2. The van der Waals surface area contributed by atoms with Gasteiger partial charge in [-0.2, -0.15) is 0 Å². The van der Waals surface area contributed by atoms with Crippen LogP contribution in [0.3, 0.4) is 0 Å². The summed E-state index contributed by atoms with van der Waals surface area (Å²) in [5, 5.41) is 1.35. The lowest BCUT2D eigenvalue weighted by molar-refractivity contribution is -0.131. The second-order valence-corrected chi connectivity index (χ2v) is 6.56. The molecule has 0 bridgehead atoms. The molecule has 0 radical (unpaired) electrons. The number of benzene rings is 1. The Labute approximate surface area is 138 Å². The van der Waals surface area contributed by atoms with Crippen LogP contribution in [0.1, 0.15) is 37.3 Å². The third-order valence-corrected chi connectivity index (χ3v) is 5.09. The lowest BCUT2D eigenvalue weighted by Gasteiger charge is -2.29. The largest absolute Gasteiger partial charge is 0.361 e. The highest BCUT2D eigenvalue weighted by molar-refractivity contribution is 5.88. The number of H-pyrrole nitrogens is 1. The number of amides is 1. The fourth-order valence-corrected chi connectivity index (χ4v) is 3.79. The van der Waals surface area contributed by atoms with E-state index in [4.69, 9.17) is 0 Å². The normalized spacial score (nSPS) is 18.7. The van der Waals surface area contributed by atoms with Crippen molar-refractivity contribution in [2.24, 2.45) is 0 Å². The van der Waals surface area contributed by atoms with Crippen molar-refractivity contribution in [3.05, 3.63) is 35.5 Å². The predicted octanol–water partition coefficient (Wildman–Crippen LogP) is 3.00. The molecule has 4 heteroatoms. The maximum Gasteiger partial charge on any atom is 0.223 e. The Bertz CT molecular complexity index is 687. The van der Waals surface area contributed by atoms with Gasteiger partial charge in [0.05, 0.1) is 0 Å². The number of likely N-dealkylation sites (N-methyl/N-ethyl adjacent to an activating group) is 1. The van der Waals surface area contributed by atoms with Crippen molar-refractivity contribution >= 4 is 16.8 Å². The molecule has 1 atom stereocenters. The molecule has 23 heavy (non-hydrogen) atoms. The summed E-state index contributed by atoms with van der Waals surface area (Å²) in [6.07, 6.45) is 3.79. The molecule has 124 valence electrons. The molecule has 1 unspecified atom stereocenters. The Morgan fingerprint density at radius 3 is 2.87 bits per heavy atom. The molecule has 0 fully saturated rings. The molecular weight excluding hydrogens is 286 g/mol. The van der Waals surface area contributed by atoms with Gasteiger partial charge in [-0.1, -0.05) is 12.1 Å². The summed E-state index contributed by atoms with van der Waals surface area (Å²) >= 11 is 0. The Morgan fingerprint density at radius 1 is 1.35 bits per heavy atom. The van der Waals surface area contributed by atoms with Gasteiger partial charge in [0.25, 0.3) is 0 Å². The van der Waals surface area contributed by atoms with E-state index in [2.05, 4.69) is 55.2 Å². The number of carbonyl (C=O) groups excluding carboxylic acids is 1. The van der Waals surface area contributed by atoms with Crippen molar-refractivity contribution in [3.8, 4) is 0 Å². The van der Waals surface area contributed by atoms with Crippen LogP contribution in [0.15, 0.2) is 24.4 Å². The molecule has 2 aromatic rings. The first-order valence-corrected chi connectivity index (χ1v) is 8.69. The third-order valence-electron chi connectivity index (χ3n) is 5.09. The maximum absolute atomic E-state index is 12.6. The zero-order valence-electron chi connectivity index (χ0n) is 14.4. The fourth-order valence-electron chi connectivity index (χ4n) is 3.79. The fraction of sp³-hybridized carbons (Fsp3) is 0.526. The molecule has 0 saturated heterocycles. The number of nitrogens with zero attached hydrogens (tertiary/aromatic N) is 2. The lowest BCUT2D eigenvalue weighted by Crippen LogP contribution is -2.35. The van der Waals surface area contributed by atoms with Gasteiger partial charge in [-0.15, -0.1) is 0 Å². The van der Waals surface area contributed by atoms with Crippen molar-refractivity contribution in [2.75, 3.05) is 33.2 Å². The molecule has 4 nitrogen and oxygen atoms in total. The Balaban J connectivity index is 1.98. The Hall–Kier alpha value is -1.81. The second-order valence-electron chi connectivity index (χ2n) is 6.56. The van der Waals surface area contributed by atoms with E-state index >= 15 is 0 Å². The van der Waals surface area contributed by atoms with Crippen LogP contribution < -0.4 is 0 Å². The minimum absolute atomic E-state index is 0.256. The van der Waals surface area contributed by atoms with Crippen LogP contribution in [0, 0.1) is 0 Å². The van der Waals surface area contributed by atoms with E-state index in [9.17, 15) is 4.79 Å². The summed E-state index contributed by atoms with van der Waals surface area (Å²) in [7, 11) is 2.16. The molecule has 1 aliphatic heterocycles. The lowest BCUT2D eigenvalue weighted by atomic mass is 9.88. The molecule has 1 aromatic carbocycles. The topological polar surface area (TPSA) is 39.3 Å². The van der Waals surface area contributed by atoms with Gasteiger partial charge in [-0.25, -0.2) is 0 Å². The van der Waals surface area contributed by atoms with Crippen LogP contribution in [0.4, 0.5) is 0 Å².